The number of hydrogen-bond acceptors (Lipinski definition) is 6. The zero-order valence-corrected chi connectivity index (χ0v) is 20.9. The molecule has 35 heavy (non-hydrogen) atoms. The number of hydrogen-bond donors (Lipinski definition) is 0. The molecule has 0 radical (unpaired) electrons. The van der Waals surface area contributed by atoms with Gasteiger partial charge in [-0.2, -0.15) is 0 Å². The first-order chi connectivity index (χ1) is 16.8. The molecule has 1 aliphatic carbocycles. The molecule has 3 aromatic rings. The lowest BCUT2D eigenvalue weighted by molar-refractivity contribution is 0.101. The summed E-state index contributed by atoms with van der Waals surface area (Å²) >= 11 is 1.61. The number of rotatable bonds is 9. The van der Waals surface area contributed by atoms with Gasteiger partial charge in [-0.15, -0.1) is 10.2 Å². The molecule has 0 bridgehead atoms. The van der Waals surface area contributed by atoms with Crippen molar-refractivity contribution in [1.82, 2.24) is 19.7 Å². The predicted molar refractivity (Wildman–Crippen MR) is 131 cm³/mol. The second kappa shape index (κ2) is 9.35. The molecule has 2 atom stereocenters. The molecule has 0 amide bonds. The van der Waals surface area contributed by atoms with Crippen LogP contribution in [0.4, 0.5) is 8.78 Å². The van der Waals surface area contributed by atoms with Crippen LogP contribution in [0.25, 0.3) is 11.4 Å². The van der Waals surface area contributed by atoms with Crippen LogP contribution in [0.2, 0.25) is 0 Å². The van der Waals surface area contributed by atoms with Crippen molar-refractivity contribution in [3.05, 3.63) is 59.2 Å². The van der Waals surface area contributed by atoms with Crippen LogP contribution in [0.1, 0.15) is 35.7 Å². The van der Waals surface area contributed by atoms with E-state index in [2.05, 4.69) is 21.2 Å². The van der Waals surface area contributed by atoms with Crippen molar-refractivity contribution in [2.45, 2.75) is 30.3 Å². The topological polar surface area (TPSA) is 60.2 Å². The average molecular weight is 499 g/mol. The summed E-state index contributed by atoms with van der Waals surface area (Å²) < 4.78 is 34.0. The van der Waals surface area contributed by atoms with E-state index in [1.165, 1.54) is 18.1 Å². The van der Waals surface area contributed by atoms with Crippen LogP contribution < -0.4 is 4.74 Å². The predicted octanol–water partition coefficient (Wildman–Crippen LogP) is 4.73. The summed E-state index contributed by atoms with van der Waals surface area (Å²) in [6, 6.07) is 9.82. The molecule has 2 heterocycles. The molecule has 184 valence electrons. The molecule has 0 N–H and O–H groups in total. The molecule has 1 saturated heterocycles. The van der Waals surface area contributed by atoms with Crippen molar-refractivity contribution in [3.63, 3.8) is 0 Å². The Morgan fingerprint density at radius 1 is 1.20 bits per heavy atom. The van der Waals surface area contributed by atoms with E-state index in [-0.39, 0.29) is 11.2 Å². The van der Waals surface area contributed by atoms with E-state index in [4.69, 9.17) is 4.74 Å². The van der Waals surface area contributed by atoms with Crippen molar-refractivity contribution in [1.29, 1.82) is 0 Å². The highest BCUT2D eigenvalue weighted by atomic mass is 32.2. The van der Waals surface area contributed by atoms with Gasteiger partial charge in [-0.05, 0) is 68.1 Å². The molecule has 2 aliphatic rings. The number of ether oxygens (including phenoxy) is 1. The van der Waals surface area contributed by atoms with Gasteiger partial charge in [-0.25, -0.2) is 8.78 Å². The highest BCUT2D eigenvalue weighted by Crippen LogP contribution is 2.59. The molecule has 1 aromatic heterocycles. The SMILES string of the molecule is COc1ccc([C@@]23C[C@H]2CN(CCCSc2nnc(-c4ccc(F)c(F)c4)n2C)C3)cc1C(C)=O. The maximum atomic E-state index is 13.6. The Labute approximate surface area is 207 Å². The van der Waals surface area contributed by atoms with Crippen LogP contribution in [0, 0.1) is 17.6 Å². The smallest absolute Gasteiger partial charge is 0.191 e. The lowest BCUT2D eigenvalue weighted by Gasteiger charge is -2.21. The molecule has 9 heteroatoms. The fourth-order valence-electron chi connectivity index (χ4n) is 5.28. The number of ketones is 1. The summed E-state index contributed by atoms with van der Waals surface area (Å²) in [5, 5.41) is 9.14. The van der Waals surface area contributed by atoms with Crippen LogP contribution in [-0.4, -0.2) is 57.9 Å². The summed E-state index contributed by atoms with van der Waals surface area (Å²) in [5.41, 5.74) is 2.56. The number of halogens is 2. The third-order valence-corrected chi connectivity index (χ3v) is 8.34. The Bertz CT molecular complexity index is 1280. The zero-order chi connectivity index (χ0) is 24.7. The number of thioether (sulfide) groups is 1. The third-order valence-electron chi connectivity index (χ3n) is 7.23. The number of piperidine rings is 1. The molecule has 0 spiro atoms. The van der Waals surface area contributed by atoms with Gasteiger partial charge in [-0.1, -0.05) is 17.8 Å². The fraction of sp³-hybridized carbons (Fsp3) is 0.423. The quantitative estimate of drug-likeness (QED) is 0.242. The Kier molecular flexibility index (Phi) is 6.40. The van der Waals surface area contributed by atoms with Crippen LogP contribution in [-0.2, 0) is 12.5 Å². The Morgan fingerprint density at radius 2 is 2.03 bits per heavy atom. The largest absolute Gasteiger partial charge is 0.496 e. The van der Waals surface area contributed by atoms with E-state index in [0.717, 1.165) is 49.1 Å². The van der Waals surface area contributed by atoms with Crippen molar-refractivity contribution >= 4 is 17.5 Å². The third kappa shape index (κ3) is 4.47. The number of fused-ring (bicyclic) bond motifs is 1. The summed E-state index contributed by atoms with van der Waals surface area (Å²) in [6.07, 6.45) is 2.18. The summed E-state index contributed by atoms with van der Waals surface area (Å²) in [4.78, 5) is 14.6. The first kappa shape index (κ1) is 23.9. The summed E-state index contributed by atoms with van der Waals surface area (Å²) in [6.45, 7) is 4.67. The number of likely N-dealkylation sites (tertiary alicyclic amines) is 1. The van der Waals surface area contributed by atoms with Crippen molar-refractivity contribution < 1.29 is 18.3 Å². The summed E-state index contributed by atoms with van der Waals surface area (Å²) in [5.74, 6) is 0.929. The minimum Gasteiger partial charge on any atom is -0.496 e. The van der Waals surface area contributed by atoms with E-state index in [1.807, 2.05) is 23.7 Å². The molecule has 1 aliphatic heterocycles. The van der Waals surface area contributed by atoms with Gasteiger partial charge in [0.2, 0.25) is 0 Å². The van der Waals surface area contributed by atoms with E-state index in [0.29, 0.717) is 28.6 Å². The van der Waals surface area contributed by atoms with Gasteiger partial charge < -0.3 is 14.2 Å². The second-order valence-corrected chi connectivity index (χ2v) is 10.5. The Morgan fingerprint density at radius 3 is 2.77 bits per heavy atom. The van der Waals surface area contributed by atoms with Crippen LogP contribution in [0.15, 0.2) is 41.6 Å². The monoisotopic (exact) mass is 498 g/mol. The highest BCUT2D eigenvalue weighted by Gasteiger charge is 2.60. The molecule has 1 saturated carbocycles. The number of methoxy groups -OCH3 is 1. The minimum absolute atomic E-state index is 0.0284. The van der Waals surface area contributed by atoms with Gasteiger partial charge in [0, 0.05) is 36.9 Å². The number of carbonyl (C=O) groups excluding carboxylic acids is 1. The second-order valence-electron chi connectivity index (χ2n) is 9.46. The standard InChI is InChI=1S/C26H28F2N4O2S/c1-16(33)20-12-18(6-8-23(20)34-3)26-13-19(26)14-32(15-26)9-4-10-35-25-30-29-24(31(25)2)17-5-7-21(27)22(28)11-17/h5-8,11-12,19H,4,9-10,13-15H2,1-3H3/t19-,26-/m0/s1. The maximum Gasteiger partial charge on any atom is 0.191 e. The molecule has 2 aromatic carbocycles. The Hall–Kier alpha value is -2.78. The number of aromatic nitrogens is 3. The van der Waals surface area contributed by atoms with Gasteiger partial charge in [0.1, 0.15) is 5.75 Å². The average Bonchev–Trinajstić information content (AvgIpc) is 3.22. The van der Waals surface area contributed by atoms with Crippen molar-refractivity contribution in [2.75, 3.05) is 32.5 Å². The molecule has 5 rings (SSSR count). The highest BCUT2D eigenvalue weighted by molar-refractivity contribution is 7.99. The lowest BCUT2D eigenvalue weighted by atomic mass is 9.92. The van der Waals surface area contributed by atoms with E-state index in [9.17, 15) is 13.6 Å². The first-order valence-electron chi connectivity index (χ1n) is 11.7. The van der Waals surface area contributed by atoms with E-state index < -0.39 is 11.6 Å². The maximum absolute atomic E-state index is 13.6. The Balaban J connectivity index is 1.15. The fourth-order valence-corrected chi connectivity index (χ4v) is 6.11. The number of Topliss-reactive ketones (excluding diaryl/α,β-unsaturated/α-hetero) is 1. The number of nitrogens with zero attached hydrogens (tertiary/aromatic N) is 4. The summed E-state index contributed by atoms with van der Waals surface area (Å²) in [7, 11) is 3.43. The normalized spacial score (nSPS) is 21.2. The van der Waals surface area contributed by atoms with Crippen LogP contribution >= 0.6 is 11.8 Å². The molecule has 6 nitrogen and oxygen atoms in total. The molecular formula is C26H28F2N4O2S. The van der Waals surface area contributed by atoms with Crippen molar-refractivity contribution in [3.8, 4) is 17.1 Å². The van der Waals surface area contributed by atoms with Gasteiger partial charge in [0.25, 0.3) is 0 Å². The van der Waals surface area contributed by atoms with Gasteiger partial charge >= 0.3 is 0 Å². The van der Waals surface area contributed by atoms with Gasteiger partial charge in [0.05, 0.1) is 12.7 Å². The van der Waals surface area contributed by atoms with Gasteiger partial charge in [-0.3, -0.25) is 4.79 Å². The number of benzene rings is 2. The molecule has 2 fully saturated rings. The first-order valence-corrected chi connectivity index (χ1v) is 12.7. The molecule has 0 unspecified atom stereocenters. The van der Waals surface area contributed by atoms with Crippen molar-refractivity contribution in [2.24, 2.45) is 13.0 Å². The zero-order valence-electron chi connectivity index (χ0n) is 20.1. The molecular weight excluding hydrogens is 470 g/mol. The van der Waals surface area contributed by atoms with Gasteiger partial charge in [0.15, 0.2) is 28.4 Å². The van der Waals surface area contributed by atoms with Crippen LogP contribution in [0.3, 0.4) is 0 Å². The lowest BCUT2D eigenvalue weighted by Crippen LogP contribution is -2.28. The van der Waals surface area contributed by atoms with E-state index in [1.54, 1.807) is 25.8 Å². The number of carbonyl (C=O) groups is 1. The van der Waals surface area contributed by atoms with E-state index >= 15 is 0 Å². The minimum atomic E-state index is -0.895. The van der Waals surface area contributed by atoms with Crippen LogP contribution in [0.5, 0.6) is 5.75 Å².